The van der Waals surface area contributed by atoms with Crippen LogP contribution in [0.3, 0.4) is 0 Å². The lowest BCUT2D eigenvalue weighted by Gasteiger charge is -2.31. The first-order valence-electron chi connectivity index (χ1n) is 9.31. The van der Waals surface area contributed by atoms with E-state index in [1.54, 1.807) is 12.1 Å². The SMILES string of the molecule is COP(=O)(O)OP(=O)(O)OP(=O)(O)OC[C@H]1O[C@@](C#N)(c2cnc3c(N)ncnn23)[C@](C)(C#N)[C@@H]1O. The molecule has 1 aliphatic rings. The number of nitrogens with zero attached hydrogens (tertiary/aromatic N) is 6. The number of nitriles is 2. The number of rotatable bonds is 9. The summed E-state index contributed by atoms with van der Waals surface area (Å²) in [5.74, 6) is -0.0728. The number of aliphatic hydroxyl groups excluding tert-OH is 1. The number of anilines is 1. The first-order valence-corrected chi connectivity index (χ1v) is 13.8. The molecule has 0 spiro atoms. The second kappa shape index (κ2) is 9.51. The van der Waals surface area contributed by atoms with Gasteiger partial charge in [0.1, 0.15) is 35.7 Å². The first kappa shape index (κ1) is 28.2. The minimum Gasteiger partial charge on any atom is -0.388 e. The fourth-order valence-electron chi connectivity index (χ4n) is 3.37. The Bertz CT molecular complexity index is 1410. The minimum absolute atomic E-state index is 0.00407. The van der Waals surface area contributed by atoms with Gasteiger partial charge in [0.05, 0.1) is 18.9 Å². The second-order valence-electron chi connectivity index (χ2n) is 7.28. The zero-order valence-electron chi connectivity index (χ0n) is 18.2. The Morgan fingerprint density at radius 3 is 2.39 bits per heavy atom. The van der Waals surface area contributed by atoms with Crippen molar-refractivity contribution in [2.75, 3.05) is 19.5 Å². The van der Waals surface area contributed by atoms with Gasteiger partial charge in [0.2, 0.25) is 5.60 Å². The number of fused-ring (bicyclic) bond motifs is 1. The van der Waals surface area contributed by atoms with E-state index in [1.807, 2.05) is 0 Å². The van der Waals surface area contributed by atoms with Gasteiger partial charge < -0.3 is 30.3 Å². The lowest BCUT2D eigenvalue weighted by Crippen LogP contribution is -2.45. The Kier molecular flexibility index (Phi) is 7.46. The van der Waals surface area contributed by atoms with Crippen LogP contribution in [0.1, 0.15) is 12.6 Å². The van der Waals surface area contributed by atoms with Gasteiger partial charge in [0, 0.05) is 7.11 Å². The van der Waals surface area contributed by atoms with Crippen molar-refractivity contribution in [2.45, 2.75) is 24.7 Å². The number of ether oxygens (including phenoxy) is 1. The zero-order valence-corrected chi connectivity index (χ0v) is 20.9. The Balaban J connectivity index is 1.89. The number of phosphoric acid groups is 3. The largest absolute Gasteiger partial charge is 0.490 e. The normalized spacial score (nSPS) is 31.1. The molecule has 7 atom stereocenters. The summed E-state index contributed by atoms with van der Waals surface area (Å²) in [5.41, 5.74) is 1.26. The molecular formula is C14H18N7O12P3. The Morgan fingerprint density at radius 1 is 1.17 bits per heavy atom. The van der Waals surface area contributed by atoms with E-state index in [0.717, 1.165) is 17.0 Å². The van der Waals surface area contributed by atoms with Gasteiger partial charge in [0.15, 0.2) is 11.5 Å². The Hall–Kier alpha value is -2.34. The van der Waals surface area contributed by atoms with Crippen LogP contribution in [0, 0.1) is 28.1 Å². The molecule has 1 saturated heterocycles. The summed E-state index contributed by atoms with van der Waals surface area (Å²) in [6, 6.07) is 3.59. The lowest BCUT2D eigenvalue weighted by molar-refractivity contribution is -0.0575. The molecule has 196 valence electrons. The van der Waals surface area contributed by atoms with Crippen LogP contribution in [0.5, 0.6) is 0 Å². The van der Waals surface area contributed by atoms with Crippen LogP contribution in [-0.4, -0.2) is 65.3 Å². The molecule has 22 heteroatoms. The van der Waals surface area contributed by atoms with Crippen molar-refractivity contribution in [2.24, 2.45) is 5.41 Å². The van der Waals surface area contributed by atoms with E-state index >= 15 is 0 Å². The maximum atomic E-state index is 12.1. The third-order valence-electron chi connectivity index (χ3n) is 5.13. The first-order chi connectivity index (χ1) is 16.6. The van der Waals surface area contributed by atoms with Crippen LogP contribution in [0.4, 0.5) is 5.82 Å². The molecule has 3 unspecified atom stereocenters. The van der Waals surface area contributed by atoms with Crippen molar-refractivity contribution in [3.05, 3.63) is 18.2 Å². The summed E-state index contributed by atoms with van der Waals surface area (Å²) in [6.45, 7) is 0.0870. The highest BCUT2D eigenvalue weighted by Crippen LogP contribution is 2.67. The second-order valence-corrected chi connectivity index (χ2v) is 12.0. The van der Waals surface area contributed by atoms with Crippen LogP contribution < -0.4 is 5.73 Å². The van der Waals surface area contributed by atoms with Gasteiger partial charge >= 0.3 is 23.5 Å². The molecule has 1 aliphatic heterocycles. The fraction of sp³-hybridized carbons (Fsp3) is 0.500. The molecule has 0 amide bonds. The molecule has 0 bridgehead atoms. The monoisotopic (exact) mass is 569 g/mol. The van der Waals surface area contributed by atoms with Gasteiger partial charge in [-0.15, -0.1) is 0 Å². The quantitative estimate of drug-likeness (QED) is 0.242. The molecule has 1 fully saturated rings. The molecular weight excluding hydrogens is 551 g/mol. The molecule has 6 N–H and O–H groups in total. The maximum absolute atomic E-state index is 12.1. The van der Waals surface area contributed by atoms with E-state index in [1.165, 1.54) is 6.92 Å². The van der Waals surface area contributed by atoms with Crippen LogP contribution in [0.2, 0.25) is 0 Å². The van der Waals surface area contributed by atoms with Gasteiger partial charge in [-0.05, 0) is 6.92 Å². The molecule has 36 heavy (non-hydrogen) atoms. The molecule has 0 aliphatic carbocycles. The van der Waals surface area contributed by atoms with Crippen LogP contribution >= 0.6 is 23.5 Å². The van der Waals surface area contributed by atoms with Gasteiger partial charge in [-0.1, -0.05) is 0 Å². The van der Waals surface area contributed by atoms with E-state index in [2.05, 4.69) is 32.7 Å². The van der Waals surface area contributed by atoms with Gasteiger partial charge in [-0.3, -0.25) is 9.05 Å². The molecule has 19 nitrogen and oxygen atoms in total. The molecule has 2 aromatic heterocycles. The number of hydrogen-bond donors (Lipinski definition) is 5. The summed E-state index contributed by atoms with van der Waals surface area (Å²) < 4.78 is 58.0. The highest BCUT2D eigenvalue weighted by atomic mass is 31.3. The van der Waals surface area contributed by atoms with E-state index < -0.39 is 53.3 Å². The topological polar surface area (TPSA) is 295 Å². The predicted octanol–water partition coefficient (Wildman–Crippen LogP) is -0.288. The number of nitrogen functional groups attached to an aromatic ring is 1. The van der Waals surface area contributed by atoms with Crippen LogP contribution in [0.15, 0.2) is 12.5 Å². The average Bonchev–Trinajstić information content (AvgIpc) is 3.31. The summed E-state index contributed by atoms with van der Waals surface area (Å²) in [6.07, 6.45) is -1.38. The van der Waals surface area contributed by atoms with Crippen LogP contribution in [-0.2, 0) is 41.7 Å². The van der Waals surface area contributed by atoms with E-state index in [9.17, 15) is 39.1 Å². The molecule has 0 radical (unpaired) electrons. The summed E-state index contributed by atoms with van der Waals surface area (Å²) >= 11 is 0. The van der Waals surface area contributed by atoms with E-state index in [0.29, 0.717) is 7.11 Å². The fourth-order valence-corrected chi connectivity index (χ4v) is 6.63. The minimum atomic E-state index is -5.68. The van der Waals surface area contributed by atoms with Crippen molar-refractivity contribution in [3.63, 3.8) is 0 Å². The molecule has 2 aromatic rings. The Morgan fingerprint density at radius 2 is 1.81 bits per heavy atom. The average molecular weight is 569 g/mol. The third-order valence-corrected chi connectivity index (χ3v) is 9.37. The van der Waals surface area contributed by atoms with Gasteiger partial charge in [-0.25, -0.2) is 28.2 Å². The summed E-state index contributed by atoms with van der Waals surface area (Å²) in [4.78, 5) is 36.1. The molecule has 0 saturated carbocycles. The number of imidazole rings is 1. The zero-order chi connectivity index (χ0) is 27.2. The summed E-state index contributed by atoms with van der Waals surface area (Å²) in [7, 11) is -15.7. The molecule has 3 rings (SSSR count). The number of hydrogen-bond acceptors (Lipinski definition) is 15. The van der Waals surface area contributed by atoms with Crippen molar-refractivity contribution in [1.29, 1.82) is 10.5 Å². The van der Waals surface area contributed by atoms with Crippen molar-refractivity contribution in [1.82, 2.24) is 19.6 Å². The number of phosphoric ester groups is 2. The van der Waals surface area contributed by atoms with Crippen molar-refractivity contribution >= 4 is 34.9 Å². The smallest absolute Gasteiger partial charge is 0.388 e. The standard InChI is InChI=1S/C14H18N7O12P3/c1-13(5-15)10(22)8(4-30-35(25,26)33-36(27,28)32-34(23,24)29-2)31-14(13,6-16)9-3-18-12-11(17)19-7-20-21(9)12/h3,7-8,10,22H,4H2,1-2H3,(H,23,24)(H,25,26)(H,27,28)(H2,17,19,20)/t8-,10-,13-,14+/m1/s1. The predicted molar refractivity (Wildman–Crippen MR) is 112 cm³/mol. The van der Waals surface area contributed by atoms with Crippen molar-refractivity contribution in [3.8, 4) is 12.1 Å². The third kappa shape index (κ3) is 4.93. The highest BCUT2D eigenvalue weighted by Gasteiger charge is 2.67. The number of aromatic nitrogens is 4. The number of aliphatic hydroxyl groups is 1. The molecule has 3 heterocycles. The van der Waals surface area contributed by atoms with Crippen LogP contribution in [0.25, 0.3) is 5.65 Å². The van der Waals surface area contributed by atoms with Gasteiger partial charge in [-0.2, -0.15) is 24.2 Å². The summed E-state index contributed by atoms with van der Waals surface area (Å²) in [5, 5.41) is 34.7. The maximum Gasteiger partial charge on any atom is 0.490 e. The van der Waals surface area contributed by atoms with Gasteiger partial charge in [0.25, 0.3) is 0 Å². The van der Waals surface area contributed by atoms with E-state index in [-0.39, 0.29) is 17.2 Å². The molecule has 0 aromatic carbocycles. The van der Waals surface area contributed by atoms with Crippen molar-refractivity contribution < 1.29 is 55.9 Å². The Labute approximate surface area is 201 Å². The van der Waals surface area contributed by atoms with E-state index in [4.69, 9.17) is 15.4 Å². The number of nitrogens with two attached hydrogens (primary N) is 1. The highest BCUT2D eigenvalue weighted by molar-refractivity contribution is 7.66. The lowest BCUT2D eigenvalue weighted by atomic mass is 9.71.